The van der Waals surface area contributed by atoms with Crippen molar-refractivity contribution in [2.75, 3.05) is 0 Å². The van der Waals surface area contributed by atoms with E-state index in [1.54, 1.807) is 12.1 Å². The fourth-order valence-corrected chi connectivity index (χ4v) is 2.26. The molecule has 6 heteroatoms. The second-order valence-corrected chi connectivity index (χ2v) is 5.72. The van der Waals surface area contributed by atoms with Crippen molar-refractivity contribution in [1.29, 1.82) is 0 Å². The zero-order valence-electron chi connectivity index (χ0n) is 14.1. The topological polar surface area (TPSA) is 9.23 Å². The van der Waals surface area contributed by atoms with Gasteiger partial charge in [0.05, 0.1) is 5.56 Å². The average Bonchev–Trinajstić information content (AvgIpc) is 2.57. The summed E-state index contributed by atoms with van der Waals surface area (Å²) in [4.78, 5) is 0. The van der Waals surface area contributed by atoms with Crippen molar-refractivity contribution in [3.05, 3.63) is 64.7 Å². The number of halogens is 5. The number of ether oxygens (including phenoxy) is 1. The Morgan fingerprint density at radius 3 is 2.12 bits per heavy atom. The first-order valence-corrected chi connectivity index (χ1v) is 8.08. The Morgan fingerprint density at radius 1 is 0.962 bits per heavy atom. The van der Waals surface area contributed by atoms with Gasteiger partial charge in [0.2, 0.25) is 0 Å². The van der Waals surface area contributed by atoms with E-state index in [0.29, 0.717) is 5.75 Å². The molecule has 138 valence electrons. The van der Waals surface area contributed by atoms with Gasteiger partial charge >= 0.3 is 6.18 Å². The van der Waals surface area contributed by atoms with Crippen molar-refractivity contribution in [2.24, 2.45) is 0 Å². The minimum Gasteiger partial charge on any atom is -0.489 e. The molecule has 0 heterocycles. The molecule has 26 heavy (non-hydrogen) atoms. The summed E-state index contributed by atoms with van der Waals surface area (Å²) in [7, 11) is 0. The molecule has 1 nitrogen and oxygen atoms in total. The zero-order valence-corrected chi connectivity index (χ0v) is 14.1. The van der Waals surface area contributed by atoms with Crippen LogP contribution >= 0.6 is 0 Å². The van der Waals surface area contributed by atoms with Crippen LogP contribution in [0.2, 0.25) is 0 Å². The van der Waals surface area contributed by atoms with Crippen LogP contribution in [0, 0.1) is 23.5 Å². The largest absolute Gasteiger partial charge is 0.489 e. The van der Waals surface area contributed by atoms with E-state index < -0.39 is 23.4 Å². The van der Waals surface area contributed by atoms with Crippen molar-refractivity contribution in [1.82, 2.24) is 0 Å². The fraction of sp³-hybridized carbons (Fsp3) is 0.300. The van der Waals surface area contributed by atoms with Gasteiger partial charge in [-0.25, -0.2) is 8.78 Å². The Kier molecular flexibility index (Phi) is 6.62. The lowest BCUT2D eigenvalue weighted by atomic mass is 10.1. The Labute approximate surface area is 148 Å². The number of hydrogen-bond acceptors (Lipinski definition) is 1. The summed E-state index contributed by atoms with van der Waals surface area (Å²) in [5, 5.41) is 0. The van der Waals surface area contributed by atoms with Gasteiger partial charge < -0.3 is 4.74 Å². The van der Waals surface area contributed by atoms with E-state index in [4.69, 9.17) is 4.74 Å². The first kappa shape index (κ1) is 19.8. The van der Waals surface area contributed by atoms with E-state index >= 15 is 0 Å². The van der Waals surface area contributed by atoms with Gasteiger partial charge in [0.25, 0.3) is 0 Å². The van der Waals surface area contributed by atoms with Crippen molar-refractivity contribution < 1.29 is 26.7 Å². The summed E-state index contributed by atoms with van der Waals surface area (Å²) in [6.45, 7) is 1.99. The second-order valence-electron chi connectivity index (χ2n) is 5.72. The number of aryl methyl sites for hydroxylation is 1. The van der Waals surface area contributed by atoms with E-state index in [1.165, 1.54) is 11.5 Å². The number of benzene rings is 2. The van der Waals surface area contributed by atoms with Gasteiger partial charge in [-0.2, -0.15) is 13.2 Å². The monoisotopic (exact) mass is 368 g/mol. The molecule has 0 unspecified atom stereocenters. The van der Waals surface area contributed by atoms with E-state index in [9.17, 15) is 22.0 Å². The highest BCUT2D eigenvalue weighted by Crippen LogP contribution is 2.19. The van der Waals surface area contributed by atoms with Gasteiger partial charge in [0.1, 0.15) is 24.0 Å². The molecule has 0 spiro atoms. The molecule has 0 N–H and O–H groups in total. The molecule has 2 aromatic rings. The van der Waals surface area contributed by atoms with Crippen molar-refractivity contribution >= 4 is 0 Å². The maximum atomic E-state index is 13.8. The van der Waals surface area contributed by atoms with Crippen molar-refractivity contribution in [2.45, 2.75) is 39.0 Å². The standard InChI is InChI=1S/C20H17F5O/c1-2-3-4-14-5-7-16(8-6-14)26-13-15-11-18(21)17(19(22)12-15)9-10-20(23,24)25/h5-8,11-12H,2-4,13H2,1H3. The van der Waals surface area contributed by atoms with E-state index in [-0.39, 0.29) is 12.2 Å². The highest BCUT2D eigenvalue weighted by molar-refractivity contribution is 5.40. The molecule has 0 aliphatic carbocycles. The summed E-state index contributed by atoms with van der Waals surface area (Å²) < 4.78 is 69.3. The van der Waals surface area contributed by atoms with Gasteiger partial charge in [-0.1, -0.05) is 31.4 Å². The first-order valence-electron chi connectivity index (χ1n) is 8.08. The molecule has 0 saturated carbocycles. The third-order valence-electron chi connectivity index (χ3n) is 3.58. The Morgan fingerprint density at radius 2 is 1.58 bits per heavy atom. The predicted molar refractivity (Wildman–Crippen MR) is 88.7 cm³/mol. The molecule has 0 amide bonds. The van der Waals surface area contributed by atoms with Crippen LogP contribution in [-0.4, -0.2) is 6.18 Å². The van der Waals surface area contributed by atoms with Gasteiger partial charge in [0.15, 0.2) is 0 Å². The van der Waals surface area contributed by atoms with Crippen molar-refractivity contribution in [3.8, 4) is 17.6 Å². The molecule has 2 rings (SSSR count). The minimum atomic E-state index is -4.82. The lowest BCUT2D eigenvalue weighted by Gasteiger charge is -2.09. The summed E-state index contributed by atoms with van der Waals surface area (Å²) in [6, 6.07) is 9.20. The average molecular weight is 368 g/mol. The molecule has 0 radical (unpaired) electrons. The molecular weight excluding hydrogens is 351 g/mol. The van der Waals surface area contributed by atoms with Crippen LogP contribution in [0.1, 0.15) is 36.5 Å². The number of alkyl halides is 3. The normalized spacial score (nSPS) is 11.0. The predicted octanol–water partition coefficient (Wildman–Crippen LogP) is 5.80. The van der Waals surface area contributed by atoms with Crippen LogP contribution in [0.25, 0.3) is 0 Å². The minimum absolute atomic E-state index is 0.116. The molecule has 0 fully saturated rings. The Balaban J connectivity index is 2.05. The molecule has 0 aliphatic rings. The summed E-state index contributed by atoms with van der Waals surface area (Å²) in [6.07, 6.45) is -1.67. The van der Waals surface area contributed by atoms with Crippen LogP contribution in [0.15, 0.2) is 36.4 Å². The third kappa shape index (κ3) is 6.07. The molecule has 0 aromatic heterocycles. The number of hydrogen-bond donors (Lipinski definition) is 0. The Bertz CT molecular complexity index is 775. The molecule has 0 aliphatic heterocycles. The first-order chi connectivity index (χ1) is 12.3. The van der Waals surface area contributed by atoms with Gasteiger partial charge in [-0.15, -0.1) is 0 Å². The van der Waals surface area contributed by atoms with Crippen molar-refractivity contribution in [3.63, 3.8) is 0 Å². The van der Waals surface area contributed by atoms with Crippen LogP contribution in [0.5, 0.6) is 5.75 Å². The van der Waals surface area contributed by atoms with Crippen LogP contribution in [0.4, 0.5) is 22.0 Å². The second kappa shape index (κ2) is 8.70. The maximum Gasteiger partial charge on any atom is 0.458 e. The molecule has 0 atom stereocenters. The summed E-state index contributed by atoms with van der Waals surface area (Å²) in [5.41, 5.74) is 0.419. The van der Waals surface area contributed by atoms with Gasteiger partial charge in [-0.05, 0) is 48.2 Å². The van der Waals surface area contributed by atoms with Gasteiger partial charge in [-0.3, -0.25) is 0 Å². The third-order valence-corrected chi connectivity index (χ3v) is 3.58. The number of rotatable bonds is 6. The lowest BCUT2D eigenvalue weighted by molar-refractivity contribution is -0.0696. The summed E-state index contributed by atoms with van der Waals surface area (Å²) in [5.74, 6) is 0.555. The quantitative estimate of drug-likeness (QED) is 0.462. The van der Waals surface area contributed by atoms with Crippen LogP contribution in [0.3, 0.4) is 0 Å². The number of unbranched alkanes of at least 4 members (excludes halogenated alkanes) is 1. The maximum absolute atomic E-state index is 13.8. The molecular formula is C20H17F5O. The van der Waals surface area contributed by atoms with Crippen LogP contribution < -0.4 is 4.74 Å². The fourth-order valence-electron chi connectivity index (χ4n) is 2.26. The van der Waals surface area contributed by atoms with Gasteiger partial charge in [0, 0.05) is 5.92 Å². The molecule has 2 aromatic carbocycles. The van der Waals surface area contributed by atoms with Crippen LogP contribution in [-0.2, 0) is 13.0 Å². The lowest BCUT2D eigenvalue weighted by Crippen LogP contribution is -2.03. The molecule has 0 saturated heterocycles. The SMILES string of the molecule is CCCCc1ccc(OCc2cc(F)c(C#CC(F)(F)F)c(F)c2)cc1. The zero-order chi connectivity index (χ0) is 19.2. The highest BCUT2D eigenvalue weighted by Gasteiger charge is 2.23. The highest BCUT2D eigenvalue weighted by atomic mass is 19.4. The van der Waals surface area contributed by atoms with E-state index in [0.717, 1.165) is 37.3 Å². The molecule has 0 bridgehead atoms. The smallest absolute Gasteiger partial charge is 0.458 e. The Hall–Kier alpha value is -2.55. The van der Waals surface area contributed by atoms with E-state index in [2.05, 4.69) is 6.92 Å². The van der Waals surface area contributed by atoms with E-state index in [1.807, 2.05) is 12.1 Å². The summed E-state index contributed by atoms with van der Waals surface area (Å²) >= 11 is 0.